The van der Waals surface area contributed by atoms with Gasteiger partial charge < -0.3 is 19.6 Å². The van der Waals surface area contributed by atoms with Crippen molar-refractivity contribution in [3.8, 4) is 0 Å². The Morgan fingerprint density at radius 3 is 2.12 bits per heavy atom. The Morgan fingerprint density at radius 1 is 0.939 bits per heavy atom. The summed E-state index contributed by atoms with van der Waals surface area (Å²) in [7, 11) is 2.07. The highest BCUT2D eigenvalue weighted by Gasteiger charge is 2.43. The number of benzene rings is 2. The van der Waals surface area contributed by atoms with Crippen LogP contribution in [-0.2, 0) is 21.3 Å². The summed E-state index contributed by atoms with van der Waals surface area (Å²) in [4.78, 5) is 17.5. The lowest BCUT2D eigenvalue weighted by atomic mass is 9.85. The van der Waals surface area contributed by atoms with Gasteiger partial charge in [-0.2, -0.15) is 13.2 Å². The number of aliphatic hydroxyl groups is 1. The number of ether oxygens (including phenoxy) is 1. The van der Waals surface area contributed by atoms with Crippen molar-refractivity contribution in [2.45, 2.75) is 18.2 Å². The molecule has 0 spiro atoms. The maximum atomic E-state index is 13.2. The summed E-state index contributed by atoms with van der Waals surface area (Å²) < 4.78 is 45.0. The van der Waals surface area contributed by atoms with Gasteiger partial charge in [0.05, 0.1) is 12.2 Å². The lowest BCUT2D eigenvalue weighted by molar-refractivity contribution is -0.162. The third-order valence-electron chi connectivity index (χ3n) is 5.54. The summed E-state index contributed by atoms with van der Waals surface area (Å²) in [5, 5.41) is 11.3. The molecule has 1 aliphatic heterocycles. The smallest absolute Gasteiger partial charge is 0.416 e. The molecular weight excluding hydrogens is 480 g/mol. The van der Waals surface area contributed by atoms with E-state index in [1.165, 1.54) is 24.3 Å². The number of rotatable bonds is 7. The van der Waals surface area contributed by atoms with Gasteiger partial charge in [0, 0.05) is 38.3 Å². The van der Waals surface area contributed by atoms with Crippen molar-refractivity contribution < 1.29 is 27.8 Å². The summed E-state index contributed by atoms with van der Waals surface area (Å²) in [6.45, 7) is 4.63. The molecule has 1 unspecified atom stereocenters. The molecule has 1 aliphatic rings. The number of piperazine rings is 1. The zero-order chi connectivity index (χ0) is 22.5. The zero-order valence-corrected chi connectivity index (χ0v) is 19.9. The van der Waals surface area contributed by atoms with Crippen molar-refractivity contribution in [1.82, 2.24) is 9.80 Å². The van der Waals surface area contributed by atoms with Crippen LogP contribution in [0.5, 0.6) is 0 Å². The summed E-state index contributed by atoms with van der Waals surface area (Å²) in [5.74, 6) is -0.989. The molecule has 1 atom stereocenters. The van der Waals surface area contributed by atoms with E-state index in [0.29, 0.717) is 6.42 Å². The molecule has 10 heteroatoms. The average Bonchev–Trinajstić information content (AvgIpc) is 2.77. The van der Waals surface area contributed by atoms with Gasteiger partial charge in [-0.05, 0) is 31.2 Å². The van der Waals surface area contributed by atoms with Crippen LogP contribution in [0.4, 0.5) is 13.2 Å². The van der Waals surface area contributed by atoms with Crippen LogP contribution >= 0.6 is 24.8 Å². The predicted molar refractivity (Wildman–Crippen MR) is 125 cm³/mol. The Balaban J connectivity index is 0.00000272. The Bertz CT molecular complexity index is 879. The number of carbonyl (C=O) groups is 1. The molecule has 1 heterocycles. The van der Waals surface area contributed by atoms with E-state index < -0.39 is 23.3 Å². The number of carbonyl (C=O) groups excluding carboxylic acids is 1. The summed E-state index contributed by atoms with van der Waals surface area (Å²) >= 11 is 0. The van der Waals surface area contributed by atoms with E-state index in [4.69, 9.17) is 4.74 Å². The van der Waals surface area contributed by atoms with Crippen LogP contribution in [0.2, 0.25) is 0 Å². The van der Waals surface area contributed by atoms with Crippen LogP contribution < -0.4 is 0 Å². The fourth-order valence-electron chi connectivity index (χ4n) is 3.63. The third-order valence-corrected chi connectivity index (χ3v) is 5.54. The number of esters is 1. The number of hydrogen-bond donors (Lipinski definition) is 1. The first-order valence-electron chi connectivity index (χ1n) is 10.2. The molecule has 5 nitrogen and oxygen atoms in total. The lowest BCUT2D eigenvalue weighted by Gasteiger charge is -2.32. The highest BCUT2D eigenvalue weighted by molar-refractivity contribution is 5.86. The Kier molecular flexibility index (Phi) is 11.1. The van der Waals surface area contributed by atoms with Gasteiger partial charge in [-0.15, -0.1) is 24.8 Å². The molecule has 1 N–H and O–H groups in total. The topological polar surface area (TPSA) is 53.0 Å². The van der Waals surface area contributed by atoms with Crippen LogP contribution in [-0.4, -0.2) is 67.3 Å². The zero-order valence-electron chi connectivity index (χ0n) is 18.3. The summed E-state index contributed by atoms with van der Waals surface area (Å²) in [6, 6.07) is 12.0. The second-order valence-corrected chi connectivity index (χ2v) is 7.79. The van der Waals surface area contributed by atoms with Crippen molar-refractivity contribution in [1.29, 1.82) is 0 Å². The molecule has 1 fully saturated rings. The van der Waals surface area contributed by atoms with E-state index in [0.717, 1.165) is 44.9 Å². The molecule has 1 saturated heterocycles. The Morgan fingerprint density at radius 2 is 1.52 bits per heavy atom. The first-order valence-corrected chi connectivity index (χ1v) is 10.2. The molecule has 2 aromatic carbocycles. The molecule has 0 saturated carbocycles. The highest BCUT2D eigenvalue weighted by Crippen LogP contribution is 2.36. The van der Waals surface area contributed by atoms with Crippen LogP contribution in [0, 0.1) is 0 Å². The maximum absolute atomic E-state index is 13.2. The van der Waals surface area contributed by atoms with Crippen LogP contribution in [0.25, 0.3) is 0 Å². The molecule has 184 valence electrons. The molecule has 33 heavy (non-hydrogen) atoms. The largest absolute Gasteiger partial charge is 0.463 e. The number of nitrogens with zero attached hydrogens (tertiary/aromatic N) is 2. The first kappa shape index (κ1) is 29.2. The van der Waals surface area contributed by atoms with Gasteiger partial charge in [-0.1, -0.05) is 42.5 Å². The van der Waals surface area contributed by atoms with Gasteiger partial charge in [-0.3, -0.25) is 0 Å². The van der Waals surface area contributed by atoms with Crippen molar-refractivity contribution in [3.63, 3.8) is 0 Å². The monoisotopic (exact) mass is 508 g/mol. The molecule has 3 rings (SSSR count). The van der Waals surface area contributed by atoms with Gasteiger partial charge in [0.15, 0.2) is 0 Å². The van der Waals surface area contributed by atoms with E-state index >= 15 is 0 Å². The minimum absolute atomic E-state index is 0. The SMILES string of the molecule is CN1CCN(CCCOC(=O)C(O)(c2ccccc2)c2cccc(C(F)(F)F)c2)CC1.Cl.Cl. The van der Waals surface area contributed by atoms with Crippen LogP contribution in [0.15, 0.2) is 54.6 Å². The van der Waals surface area contributed by atoms with Crippen molar-refractivity contribution in [3.05, 3.63) is 71.3 Å². The number of hydrogen-bond acceptors (Lipinski definition) is 5. The second kappa shape index (κ2) is 12.6. The summed E-state index contributed by atoms with van der Waals surface area (Å²) in [5.41, 5.74) is -3.31. The van der Waals surface area contributed by atoms with Crippen molar-refractivity contribution in [2.75, 3.05) is 46.4 Å². The maximum Gasteiger partial charge on any atom is 0.416 e. The molecule has 0 aliphatic carbocycles. The normalized spacial score (nSPS) is 16.8. The minimum Gasteiger partial charge on any atom is -0.463 e. The van der Waals surface area contributed by atoms with Crippen LogP contribution in [0.1, 0.15) is 23.1 Å². The van der Waals surface area contributed by atoms with E-state index in [9.17, 15) is 23.1 Å². The molecular formula is C23H29Cl2F3N2O3. The Labute approximate surface area is 204 Å². The predicted octanol–water partition coefficient (Wildman–Crippen LogP) is 3.97. The summed E-state index contributed by atoms with van der Waals surface area (Å²) in [6.07, 6.45) is -4.02. The molecule has 0 aromatic heterocycles. The second-order valence-electron chi connectivity index (χ2n) is 7.79. The number of alkyl halides is 3. The van der Waals surface area contributed by atoms with Gasteiger partial charge in [-0.25, -0.2) is 4.79 Å². The lowest BCUT2D eigenvalue weighted by Crippen LogP contribution is -2.45. The highest BCUT2D eigenvalue weighted by atomic mass is 35.5. The van der Waals surface area contributed by atoms with E-state index in [1.54, 1.807) is 18.2 Å². The fourth-order valence-corrected chi connectivity index (χ4v) is 3.63. The van der Waals surface area contributed by atoms with Gasteiger partial charge in [0.1, 0.15) is 0 Å². The molecule has 2 aromatic rings. The van der Waals surface area contributed by atoms with Gasteiger partial charge >= 0.3 is 12.1 Å². The van der Waals surface area contributed by atoms with Gasteiger partial charge in [0.2, 0.25) is 5.60 Å². The van der Waals surface area contributed by atoms with E-state index in [1.807, 2.05) is 0 Å². The minimum atomic E-state index is -4.60. The first-order chi connectivity index (χ1) is 14.7. The van der Waals surface area contributed by atoms with Gasteiger partial charge in [0.25, 0.3) is 0 Å². The quantitative estimate of drug-likeness (QED) is 0.453. The molecule has 0 radical (unpaired) electrons. The van der Waals surface area contributed by atoms with Crippen LogP contribution in [0.3, 0.4) is 0 Å². The number of likely N-dealkylation sites (N-methyl/N-ethyl adjacent to an activating group) is 1. The fraction of sp³-hybridized carbons (Fsp3) is 0.435. The molecule has 0 amide bonds. The molecule has 0 bridgehead atoms. The Hall–Kier alpha value is -1.84. The van der Waals surface area contributed by atoms with Crippen molar-refractivity contribution >= 4 is 30.8 Å². The third kappa shape index (κ3) is 7.32. The number of halogens is 5. The van der Waals surface area contributed by atoms with E-state index in [-0.39, 0.29) is 42.5 Å². The standard InChI is InChI=1S/C23H27F3N2O3.2ClH/c1-27-12-14-28(15-13-27)11-6-16-31-21(29)22(30,18-7-3-2-4-8-18)19-9-5-10-20(17-19)23(24,25)26;;/h2-5,7-10,17,30H,6,11-16H2,1H3;2*1H. The van der Waals surface area contributed by atoms with E-state index in [2.05, 4.69) is 16.8 Å². The average molecular weight is 509 g/mol. The van der Waals surface area contributed by atoms with Crippen molar-refractivity contribution in [2.24, 2.45) is 0 Å².